The zero-order valence-corrected chi connectivity index (χ0v) is 11.9. The lowest BCUT2D eigenvalue weighted by atomic mass is 10.00. The summed E-state index contributed by atoms with van der Waals surface area (Å²) in [5.41, 5.74) is 0.937. The highest BCUT2D eigenvalue weighted by Gasteiger charge is 2.38. The standard InChI is InChI=1S/C13H13ClN4O3/c14-12-2-1-11(21-12)13(19)17-4-3-10-9(6-17)18-8(7-20-10)5-15-16-18/h1-2,5,9-10H,3-4,6-7H2. The molecule has 7 nitrogen and oxygen atoms in total. The van der Waals surface area contributed by atoms with Crippen molar-refractivity contribution in [3.05, 3.63) is 35.0 Å². The second kappa shape index (κ2) is 4.85. The number of nitrogens with zero attached hydrogens (tertiary/aromatic N) is 4. The minimum absolute atomic E-state index is 0.000570. The summed E-state index contributed by atoms with van der Waals surface area (Å²) in [5, 5.41) is 8.25. The number of likely N-dealkylation sites (tertiary alicyclic amines) is 1. The summed E-state index contributed by atoms with van der Waals surface area (Å²) in [6, 6.07) is 3.16. The number of halogens is 1. The van der Waals surface area contributed by atoms with Crippen LogP contribution in [0.25, 0.3) is 0 Å². The zero-order valence-electron chi connectivity index (χ0n) is 11.1. The van der Waals surface area contributed by atoms with Crippen LogP contribution in [0.1, 0.15) is 28.7 Å². The van der Waals surface area contributed by atoms with Gasteiger partial charge in [-0.2, -0.15) is 0 Å². The molecule has 2 aliphatic heterocycles. The highest BCUT2D eigenvalue weighted by Crippen LogP contribution is 2.30. The lowest BCUT2D eigenvalue weighted by molar-refractivity contribution is -0.0608. The van der Waals surface area contributed by atoms with E-state index in [9.17, 15) is 4.79 Å². The lowest BCUT2D eigenvalue weighted by Gasteiger charge is -2.40. The van der Waals surface area contributed by atoms with E-state index >= 15 is 0 Å². The van der Waals surface area contributed by atoms with Crippen molar-refractivity contribution >= 4 is 17.5 Å². The maximum absolute atomic E-state index is 12.4. The van der Waals surface area contributed by atoms with E-state index in [2.05, 4.69) is 10.3 Å². The Bertz CT molecular complexity index is 683. The summed E-state index contributed by atoms with van der Waals surface area (Å²) in [7, 11) is 0. The van der Waals surface area contributed by atoms with Crippen LogP contribution < -0.4 is 0 Å². The molecule has 0 bridgehead atoms. The maximum Gasteiger partial charge on any atom is 0.289 e. The monoisotopic (exact) mass is 308 g/mol. The first-order chi connectivity index (χ1) is 10.2. The molecule has 2 atom stereocenters. The van der Waals surface area contributed by atoms with Gasteiger partial charge in [-0.25, -0.2) is 4.68 Å². The number of ether oxygens (including phenoxy) is 1. The van der Waals surface area contributed by atoms with Crippen LogP contribution in [0, 0.1) is 0 Å². The molecule has 0 spiro atoms. The quantitative estimate of drug-likeness (QED) is 0.798. The van der Waals surface area contributed by atoms with Crippen LogP contribution in [-0.4, -0.2) is 45.0 Å². The SMILES string of the molecule is O=C(c1ccc(Cl)o1)N1CCC2OCc3cnnn3C2C1. The molecule has 2 aliphatic rings. The largest absolute Gasteiger partial charge is 0.440 e. The molecule has 0 saturated carbocycles. The number of amides is 1. The number of hydrogen-bond acceptors (Lipinski definition) is 5. The van der Waals surface area contributed by atoms with E-state index in [0.717, 1.165) is 12.1 Å². The summed E-state index contributed by atoms with van der Waals surface area (Å²) >= 11 is 5.73. The highest BCUT2D eigenvalue weighted by atomic mass is 35.5. The molecule has 1 saturated heterocycles. The summed E-state index contributed by atoms with van der Waals surface area (Å²) in [5.74, 6) is 0.0987. The van der Waals surface area contributed by atoms with Crippen molar-refractivity contribution in [2.45, 2.75) is 25.2 Å². The van der Waals surface area contributed by atoms with Gasteiger partial charge in [0.15, 0.2) is 11.0 Å². The second-order valence-electron chi connectivity index (χ2n) is 5.23. The number of carbonyl (C=O) groups excluding carboxylic acids is 1. The number of piperidine rings is 1. The smallest absolute Gasteiger partial charge is 0.289 e. The minimum atomic E-state index is -0.160. The van der Waals surface area contributed by atoms with E-state index in [1.807, 2.05) is 4.68 Å². The van der Waals surface area contributed by atoms with E-state index in [4.69, 9.17) is 20.8 Å². The van der Waals surface area contributed by atoms with Gasteiger partial charge in [-0.05, 0) is 30.2 Å². The van der Waals surface area contributed by atoms with Crippen LogP contribution in [0.3, 0.4) is 0 Å². The topological polar surface area (TPSA) is 73.4 Å². The van der Waals surface area contributed by atoms with Gasteiger partial charge in [0.2, 0.25) is 0 Å². The third kappa shape index (κ3) is 2.13. The van der Waals surface area contributed by atoms with Crippen molar-refractivity contribution in [3.63, 3.8) is 0 Å². The lowest BCUT2D eigenvalue weighted by Crippen LogP contribution is -2.49. The summed E-state index contributed by atoms with van der Waals surface area (Å²) < 4.78 is 12.9. The van der Waals surface area contributed by atoms with Crippen LogP contribution in [0.4, 0.5) is 0 Å². The highest BCUT2D eigenvalue weighted by molar-refractivity contribution is 6.29. The molecule has 8 heteroatoms. The number of carbonyl (C=O) groups is 1. The minimum Gasteiger partial charge on any atom is -0.440 e. The Hall–Kier alpha value is -1.86. The Balaban J connectivity index is 1.57. The van der Waals surface area contributed by atoms with Gasteiger partial charge in [0, 0.05) is 13.1 Å². The average molecular weight is 309 g/mol. The van der Waals surface area contributed by atoms with Crippen molar-refractivity contribution in [1.82, 2.24) is 19.9 Å². The van der Waals surface area contributed by atoms with Crippen LogP contribution in [-0.2, 0) is 11.3 Å². The van der Waals surface area contributed by atoms with E-state index in [-0.39, 0.29) is 29.0 Å². The van der Waals surface area contributed by atoms with Crippen molar-refractivity contribution < 1.29 is 13.9 Å². The normalized spacial score (nSPS) is 24.5. The Morgan fingerprint density at radius 1 is 1.43 bits per heavy atom. The molecule has 110 valence electrons. The fraction of sp³-hybridized carbons (Fsp3) is 0.462. The predicted molar refractivity (Wildman–Crippen MR) is 71.9 cm³/mol. The fourth-order valence-corrected chi connectivity index (χ4v) is 3.09. The van der Waals surface area contributed by atoms with Gasteiger partial charge in [-0.3, -0.25) is 4.79 Å². The van der Waals surface area contributed by atoms with Crippen molar-refractivity contribution in [1.29, 1.82) is 0 Å². The Morgan fingerprint density at radius 3 is 3.14 bits per heavy atom. The molecule has 4 rings (SSSR count). The van der Waals surface area contributed by atoms with E-state index in [0.29, 0.717) is 19.7 Å². The number of aromatic nitrogens is 3. The van der Waals surface area contributed by atoms with Crippen molar-refractivity contribution in [3.8, 4) is 0 Å². The number of furan rings is 1. The van der Waals surface area contributed by atoms with Crippen LogP contribution in [0.15, 0.2) is 22.7 Å². The van der Waals surface area contributed by atoms with Gasteiger partial charge in [0.25, 0.3) is 5.91 Å². The van der Waals surface area contributed by atoms with Gasteiger partial charge in [-0.15, -0.1) is 5.10 Å². The van der Waals surface area contributed by atoms with Gasteiger partial charge < -0.3 is 14.1 Å². The average Bonchev–Trinajstić information content (AvgIpc) is 3.14. The Morgan fingerprint density at radius 2 is 2.33 bits per heavy atom. The number of rotatable bonds is 1. The second-order valence-corrected chi connectivity index (χ2v) is 5.60. The summed E-state index contributed by atoms with van der Waals surface area (Å²) in [6.07, 6.45) is 2.54. The van der Waals surface area contributed by atoms with Gasteiger partial charge in [0.1, 0.15) is 0 Å². The van der Waals surface area contributed by atoms with E-state index in [1.54, 1.807) is 23.2 Å². The van der Waals surface area contributed by atoms with E-state index < -0.39 is 0 Å². The first-order valence-electron chi connectivity index (χ1n) is 6.77. The first-order valence-corrected chi connectivity index (χ1v) is 7.15. The van der Waals surface area contributed by atoms with Gasteiger partial charge >= 0.3 is 0 Å². The van der Waals surface area contributed by atoms with Crippen LogP contribution >= 0.6 is 11.6 Å². The fourth-order valence-electron chi connectivity index (χ4n) is 2.95. The molecular formula is C13H13ClN4O3. The molecule has 0 N–H and O–H groups in total. The molecule has 21 heavy (non-hydrogen) atoms. The van der Waals surface area contributed by atoms with E-state index in [1.165, 1.54) is 0 Å². The summed E-state index contributed by atoms with van der Waals surface area (Å²) in [4.78, 5) is 14.2. The zero-order chi connectivity index (χ0) is 14.4. The van der Waals surface area contributed by atoms with Gasteiger partial charge in [-0.1, -0.05) is 5.21 Å². The molecule has 1 amide bonds. The molecular weight excluding hydrogens is 296 g/mol. The molecule has 4 heterocycles. The third-order valence-electron chi connectivity index (χ3n) is 4.00. The Kier molecular flexibility index (Phi) is 2.97. The summed E-state index contributed by atoms with van der Waals surface area (Å²) in [6.45, 7) is 1.68. The van der Waals surface area contributed by atoms with Crippen molar-refractivity contribution in [2.75, 3.05) is 13.1 Å². The number of fused-ring (bicyclic) bond motifs is 3. The third-order valence-corrected chi connectivity index (χ3v) is 4.20. The molecule has 0 aliphatic carbocycles. The predicted octanol–water partition coefficient (Wildman–Crippen LogP) is 1.51. The van der Waals surface area contributed by atoms with Crippen LogP contribution in [0.5, 0.6) is 0 Å². The Labute approximate surface area is 125 Å². The molecule has 0 radical (unpaired) electrons. The molecule has 2 aromatic heterocycles. The van der Waals surface area contributed by atoms with Crippen LogP contribution in [0.2, 0.25) is 5.22 Å². The van der Waals surface area contributed by atoms with Gasteiger partial charge in [0.05, 0.1) is 30.6 Å². The molecule has 1 fully saturated rings. The molecule has 2 aromatic rings. The maximum atomic E-state index is 12.4. The number of hydrogen-bond donors (Lipinski definition) is 0. The first kappa shape index (κ1) is 12.8. The van der Waals surface area contributed by atoms with Crippen molar-refractivity contribution in [2.24, 2.45) is 0 Å². The molecule has 2 unspecified atom stereocenters. The molecule has 0 aromatic carbocycles.